The summed E-state index contributed by atoms with van der Waals surface area (Å²) in [6.07, 6.45) is 0. The molecule has 18 heavy (non-hydrogen) atoms. The number of amides is 2. The van der Waals surface area contributed by atoms with Gasteiger partial charge in [0.25, 0.3) is 0 Å². The zero-order chi connectivity index (χ0) is 13.1. The van der Waals surface area contributed by atoms with Gasteiger partial charge in [-0.05, 0) is 24.5 Å². The van der Waals surface area contributed by atoms with E-state index in [-0.39, 0.29) is 6.03 Å². The summed E-state index contributed by atoms with van der Waals surface area (Å²) in [6.45, 7) is 2.05. The van der Waals surface area contributed by atoms with Crippen molar-refractivity contribution in [2.24, 2.45) is 0 Å². The third kappa shape index (κ3) is 2.87. The summed E-state index contributed by atoms with van der Waals surface area (Å²) < 4.78 is 4.35. The highest BCUT2D eigenvalue weighted by Crippen LogP contribution is 2.25. The summed E-state index contributed by atoms with van der Waals surface area (Å²) in [5.41, 5.74) is 3.15. The lowest BCUT2D eigenvalue weighted by Gasteiger charge is -2.09. The second-order valence-electron chi connectivity index (χ2n) is 4.27. The number of hydrogen-bond acceptors (Lipinski definition) is 3. The van der Waals surface area contributed by atoms with E-state index in [9.17, 15) is 4.79 Å². The van der Waals surface area contributed by atoms with E-state index < -0.39 is 0 Å². The second kappa shape index (κ2) is 5.18. The molecule has 1 N–H and O–H groups in total. The number of nitrogens with one attached hydrogen (secondary N) is 1. The Hall–Kier alpha value is -1.88. The number of rotatable bonds is 2. The molecule has 0 aliphatic heterocycles. The Labute approximate surface area is 110 Å². The fraction of sp³-hybridized carbons (Fsp3) is 0.231. The van der Waals surface area contributed by atoms with Gasteiger partial charge in [-0.15, -0.1) is 0 Å². The Kier molecular flexibility index (Phi) is 3.62. The van der Waals surface area contributed by atoms with Crippen LogP contribution in [0.25, 0.3) is 11.3 Å². The van der Waals surface area contributed by atoms with Crippen LogP contribution in [0.4, 0.5) is 9.80 Å². The van der Waals surface area contributed by atoms with Crippen LogP contribution in [0.3, 0.4) is 0 Å². The largest absolute Gasteiger partial charge is 0.331 e. The monoisotopic (exact) mass is 261 g/mol. The van der Waals surface area contributed by atoms with Gasteiger partial charge in [0.1, 0.15) is 5.00 Å². The molecule has 1 aromatic heterocycles. The average molecular weight is 261 g/mol. The first kappa shape index (κ1) is 12.6. The Balaban J connectivity index is 2.18. The lowest BCUT2D eigenvalue weighted by Crippen LogP contribution is -2.26. The molecule has 2 aromatic rings. The molecule has 0 unspecified atom stereocenters. The highest BCUT2D eigenvalue weighted by Gasteiger charge is 2.08. The maximum Gasteiger partial charge on any atom is 0.321 e. The van der Waals surface area contributed by atoms with E-state index in [4.69, 9.17) is 0 Å². The molecular weight excluding hydrogens is 246 g/mol. The van der Waals surface area contributed by atoms with Gasteiger partial charge in [-0.1, -0.05) is 23.8 Å². The molecule has 1 aromatic carbocycles. The van der Waals surface area contributed by atoms with Crippen molar-refractivity contribution in [3.63, 3.8) is 0 Å². The lowest BCUT2D eigenvalue weighted by molar-refractivity contribution is 0.231. The molecular formula is C13H15N3OS. The number of carbonyl (C=O) groups is 1. The van der Waals surface area contributed by atoms with E-state index in [0.717, 1.165) is 16.3 Å². The van der Waals surface area contributed by atoms with Gasteiger partial charge in [-0.25, -0.2) is 4.79 Å². The predicted molar refractivity (Wildman–Crippen MR) is 75.0 cm³/mol. The van der Waals surface area contributed by atoms with E-state index in [1.807, 2.05) is 31.2 Å². The van der Waals surface area contributed by atoms with Gasteiger partial charge in [0.15, 0.2) is 0 Å². The van der Waals surface area contributed by atoms with Crippen molar-refractivity contribution in [3.05, 3.63) is 35.9 Å². The van der Waals surface area contributed by atoms with Crippen LogP contribution in [0, 0.1) is 6.92 Å². The summed E-state index contributed by atoms with van der Waals surface area (Å²) in [4.78, 5) is 13.0. The third-order valence-electron chi connectivity index (χ3n) is 2.46. The number of carbonyl (C=O) groups excluding carboxylic acids is 1. The molecule has 1 heterocycles. The first-order valence-corrected chi connectivity index (χ1v) is 6.35. The second-order valence-corrected chi connectivity index (χ2v) is 5.08. The number of aromatic nitrogens is 1. The normalized spacial score (nSPS) is 10.2. The molecule has 0 saturated carbocycles. The number of nitrogens with zero attached hydrogens (tertiary/aromatic N) is 2. The molecule has 0 fully saturated rings. The van der Waals surface area contributed by atoms with Crippen molar-refractivity contribution < 1.29 is 4.79 Å². The minimum absolute atomic E-state index is 0.144. The minimum atomic E-state index is -0.144. The van der Waals surface area contributed by atoms with Crippen LogP contribution in [0.15, 0.2) is 30.3 Å². The first-order chi connectivity index (χ1) is 8.56. The van der Waals surface area contributed by atoms with Crippen molar-refractivity contribution in [2.75, 3.05) is 19.4 Å². The van der Waals surface area contributed by atoms with Crippen molar-refractivity contribution in [1.29, 1.82) is 0 Å². The molecule has 0 radical (unpaired) electrons. The average Bonchev–Trinajstić information content (AvgIpc) is 2.77. The molecule has 4 nitrogen and oxygen atoms in total. The number of benzene rings is 1. The number of anilines is 1. The van der Waals surface area contributed by atoms with Gasteiger partial charge in [0.2, 0.25) is 0 Å². The van der Waals surface area contributed by atoms with Crippen LogP contribution < -0.4 is 5.32 Å². The molecule has 94 valence electrons. The smallest absolute Gasteiger partial charge is 0.321 e. The summed E-state index contributed by atoms with van der Waals surface area (Å²) in [6, 6.07) is 9.88. The quantitative estimate of drug-likeness (QED) is 0.902. The van der Waals surface area contributed by atoms with Crippen LogP contribution in [0.2, 0.25) is 0 Å². The molecule has 0 bridgehead atoms. The molecule has 5 heteroatoms. The molecule has 2 rings (SSSR count). The van der Waals surface area contributed by atoms with Gasteiger partial charge < -0.3 is 4.90 Å². The van der Waals surface area contributed by atoms with Crippen LogP contribution in [0.5, 0.6) is 0 Å². The van der Waals surface area contributed by atoms with Crippen molar-refractivity contribution in [2.45, 2.75) is 6.92 Å². The minimum Gasteiger partial charge on any atom is -0.331 e. The standard InChI is InChI=1S/C13H15N3OS/c1-9-5-4-6-10(7-9)11-8-12(18-15-11)14-13(17)16(2)3/h4-8H,1-3H3,(H,14,17). The number of aryl methyl sites for hydroxylation is 1. The molecule has 0 aliphatic carbocycles. The van der Waals surface area contributed by atoms with Gasteiger partial charge >= 0.3 is 6.03 Å². The van der Waals surface area contributed by atoms with Crippen molar-refractivity contribution in [3.8, 4) is 11.3 Å². The zero-order valence-electron chi connectivity index (χ0n) is 10.6. The van der Waals surface area contributed by atoms with E-state index >= 15 is 0 Å². The van der Waals surface area contributed by atoms with E-state index in [2.05, 4.69) is 15.8 Å². The highest BCUT2D eigenvalue weighted by atomic mass is 32.1. The Morgan fingerprint density at radius 1 is 1.33 bits per heavy atom. The zero-order valence-corrected chi connectivity index (χ0v) is 11.4. The molecule has 0 spiro atoms. The summed E-state index contributed by atoms with van der Waals surface area (Å²) in [5.74, 6) is 0. The number of hydrogen-bond donors (Lipinski definition) is 1. The lowest BCUT2D eigenvalue weighted by atomic mass is 10.1. The molecule has 0 aliphatic rings. The van der Waals surface area contributed by atoms with E-state index in [1.54, 1.807) is 14.1 Å². The van der Waals surface area contributed by atoms with Crippen LogP contribution in [-0.2, 0) is 0 Å². The van der Waals surface area contributed by atoms with Crippen molar-refractivity contribution in [1.82, 2.24) is 9.27 Å². The summed E-state index contributed by atoms with van der Waals surface area (Å²) in [5, 5.41) is 3.54. The molecule has 2 amide bonds. The number of urea groups is 1. The fourth-order valence-electron chi connectivity index (χ4n) is 1.49. The van der Waals surface area contributed by atoms with Gasteiger partial charge in [0, 0.05) is 25.7 Å². The van der Waals surface area contributed by atoms with Gasteiger partial charge in [-0.2, -0.15) is 4.37 Å². The van der Waals surface area contributed by atoms with E-state index in [0.29, 0.717) is 0 Å². The SMILES string of the molecule is Cc1cccc(-c2cc(NC(=O)N(C)C)sn2)c1. The molecule has 0 atom stereocenters. The van der Waals surface area contributed by atoms with Gasteiger partial charge in [0.05, 0.1) is 5.69 Å². The van der Waals surface area contributed by atoms with Crippen LogP contribution >= 0.6 is 11.5 Å². The topological polar surface area (TPSA) is 45.2 Å². The fourth-order valence-corrected chi connectivity index (χ4v) is 2.14. The molecule has 0 saturated heterocycles. The maximum absolute atomic E-state index is 11.5. The predicted octanol–water partition coefficient (Wildman–Crippen LogP) is 3.21. The van der Waals surface area contributed by atoms with Gasteiger partial charge in [-0.3, -0.25) is 5.32 Å². The van der Waals surface area contributed by atoms with E-state index in [1.165, 1.54) is 22.0 Å². The summed E-state index contributed by atoms with van der Waals surface area (Å²) in [7, 11) is 3.41. The Morgan fingerprint density at radius 2 is 2.11 bits per heavy atom. The first-order valence-electron chi connectivity index (χ1n) is 5.58. The Morgan fingerprint density at radius 3 is 2.78 bits per heavy atom. The third-order valence-corrected chi connectivity index (χ3v) is 3.16. The van der Waals surface area contributed by atoms with Crippen LogP contribution in [0.1, 0.15) is 5.56 Å². The highest BCUT2D eigenvalue weighted by molar-refractivity contribution is 7.10. The van der Waals surface area contributed by atoms with Crippen LogP contribution in [-0.4, -0.2) is 29.4 Å². The maximum atomic E-state index is 11.5. The summed E-state index contributed by atoms with van der Waals surface area (Å²) >= 11 is 1.29. The van der Waals surface area contributed by atoms with Crippen molar-refractivity contribution >= 4 is 22.6 Å². The Bertz CT molecular complexity index is 563.